The Morgan fingerprint density at radius 2 is 2.00 bits per heavy atom. The van der Waals surface area contributed by atoms with E-state index in [4.69, 9.17) is 4.42 Å². The van der Waals surface area contributed by atoms with E-state index in [1.165, 1.54) is 15.9 Å². The van der Waals surface area contributed by atoms with Gasteiger partial charge in [0, 0.05) is 13.1 Å². The maximum absolute atomic E-state index is 12.9. The second-order valence-corrected chi connectivity index (χ2v) is 7.05. The van der Waals surface area contributed by atoms with E-state index in [0.717, 1.165) is 21.0 Å². The molecule has 3 rings (SSSR count). The maximum Gasteiger partial charge on any atom is 0.332 e. The van der Waals surface area contributed by atoms with Gasteiger partial charge < -0.3 is 4.42 Å². The zero-order valence-corrected chi connectivity index (χ0v) is 14.6. The van der Waals surface area contributed by atoms with Crippen molar-refractivity contribution in [2.75, 3.05) is 0 Å². The third-order valence-corrected chi connectivity index (χ3v) is 5.23. The molecule has 0 unspecified atom stereocenters. The Balaban J connectivity index is 2.41. The molecule has 122 valence electrons. The summed E-state index contributed by atoms with van der Waals surface area (Å²) in [7, 11) is 0. The van der Waals surface area contributed by atoms with Crippen LogP contribution in [-0.2, 0) is 13.1 Å². The van der Waals surface area contributed by atoms with Crippen LogP contribution < -0.4 is 11.2 Å². The highest BCUT2D eigenvalue weighted by Crippen LogP contribution is 2.36. The van der Waals surface area contributed by atoms with Gasteiger partial charge in [0.25, 0.3) is 5.56 Å². The highest BCUT2D eigenvalue weighted by molar-refractivity contribution is 7.22. The number of aryl methyl sites for hydroxylation is 2. The Morgan fingerprint density at radius 1 is 1.26 bits per heavy atom. The van der Waals surface area contributed by atoms with E-state index in [9.17, 15) is 9.59 Å². The van der Waals surface area contributed by atoms with Crippen molar-refractivity contribution in [1.29, 1.82) is 0 Å². The molecular weight excluding hydrogens is 312 g/mol. The predicted molar refractivity (Wildman–Crippen MR) is 93.3 cm³/mol. The predicted octanol–water partition coefficient (Wildman–Crippen LogP) is 3.47. The maximum atomic E-state index is 12.9. The van der Waals surface area contributed by atoms with Crippen LogP contribution in [-0.4, -0.2) is 9.13 Å². The van der Waals surface area contributed by atoms with Gasteiger partial charge in [-0.15, -0.1) is 11.3 Å². The van der Waals surface area contributed by atoms with Gasteiger partial charge in [-0.05, 0) is 37.5 Å². The fourth-order valence-electron chi connectivity index (χ4n) is 2.84. The van der Waals surface area contributed by atoms with Gasteiger partial charge in [0.2, 0.25) is 0 Å². The minimum atomic E-state index is -0.231. The zero-order valence-electron chi connectivity index (χ0n) is 13.8. The van der Waals surface area contributed by atoms with Crippen LogP contribution in [0.4, 0.5) is 0 Å². The summed E-state index contributed by atoms with van der Waals surface area (Å²) in [5.74, 6) is 0.959. The topological polar surface area (TPSA) is 57.1 Å². The molecule has 0 aliphatic rings. The molecule has 0 radical (unpaired) electrons. The summed E-state index contributed by atoms with van der Waals surface area (Å²) in [6.07, 6.45) is 1.61. The highest BCUT2D eigenvalue weighted by atomic mass is 32.1. The molecular formula is C17H20N2O3S. The standard InChI is InChI=1S/C17H20N2O3S/c1-5-18-16-13(15(20)19(17(18)21)9-10(2)3)11(4)14(23-16)12-7-6-8-22-12/h6-8,10H,5,9H2,1-4H3. The van der Waals surface area contributed by atoms with Gasteiger partial charge >= 0.3 is 5.69 Å². The average Bonchev–Trinajstić information content (AvgIpc) is 3.12. The lowest BCUT2D eigenvalue weighted by Gasteiger charge is -2.12. The van der Waals surface area contributed by atoms with Gasteiger partial charge in [-0.2, -0.15) is 0 Å². The molecule has 0 spiro atoms. The number of hydrogen-bond donors (Lipinski definition) is 0. The number of thiophene rings is 1. The van der Waals surface area contributed by atoms with E-state index >= 15 is 0 Å². The Morgan fingerprint density at radius 3 is 2.57 bits per heavy atom. The molecule has 0 aliphatic carbocycles. The van der Waals surface area contributed by atoms with Crippen LogP contribution in [0, 0.1) is 12.8 Å². The Labute approximate surface area is 137 Å². The molecule has 0 saturated heterocycles. The van der Waals surface area contributed by atoms with E-state index < -0.39 is 0 Å². The van der Waals surface area contributed by atoms with Gasteiger partial charge in [-0.25, -0.2) is 4.79 Å². The largest absolute Gasteiger partial charge is 0.464 e. The van der Waals surface area contributed by atoms with Crippen LogP contribution in [0.5, 0.6) is 0 Å². The first-order valence-electron chi connectivity index (χ1n) is 7.76. The molecule has 23 heavy (non-hydrogen) atoms. The van der Waals surface area contributed by atoms with Crippen molar-refractivity contribution in [1.82, 2.24) is 9.13 Å². The van der Waals surface area contributed by atoms with Gasteiger partial charge in [-0.1, -0.05) is 13.8 Å². The lowest BCUT2D eigenvalue weighted by Crippen LogP contribution is -2.40. The first-order chi connectivity index (χ1) is 11.0. The van der Waals surface area contributed by atoms with Crippen LogP contribution >= 0.6 is 11.3 Å². The van der Waals surface area contributed by atoms with Gasteiger partial charge in [-0.3, -0.25) is 13.9 Å². The van der Waals surface area contributed by atoms with Crippen molar-refractivity contribution >= 4 is 21.6 Å². The van der Waals surface area contributed by atoms with Crippen molar-refractivity contribution in [3.8, 4) is 10.6 Å². The van der Waals surface area contributed by atoms with Crippen LogP contribution in [0.3, 0.4) is 0 Å². The third-order valence-electron chi connectivity index (χ3n) is 3.90. The molecule has 0 aromatic carbocycles. The Hall–Kier alpha value is -2.08. The molecule has 3 heterocycles. The quantitative estimate of drug-likeness (QED) is 0.735. The van der Waals surface area contributed by atoms with Crippen molar-refractivity contribution in [2.45, 2.75) is 40.8 Å². The monoisotopic (exact) mass is 332 g/mol. The summed E-state index contributed by atoms with van der Waals surface area (Å²) in [5, 5.41) is 0.628. The number of hydrogen-bond acceptors (Lipinski definition) is 4. The number of fused-ring (bicyclic) bond motifs is 1. The molecule has 0 aliphatic heterocycles. The minimum Gasteiger partial charge on any atom is -0.464 e. The first kappa shape index (κ1) is 15.8. The Kier molecular flexibility index (Phi) is 4.02. The minimum absolute atomic E-state index is 0.199. The number of aromatic nitrogens is 2. The number of nitrogens with zero attached hydrogens (tertiary/aromatic N) is 2. The molecule has 0 saturated carbocycles. The first-order valence-corrected chi connectivity index (χ1v) is 8.58. The van der Waals surface area contributed by atoms with E-state index in [2.05, 4.69) is 0 Å². The van der Waals surface area contributed by atoms with Crippen LogP contribution in [0.2, 0.25) is 0 Å². The average molecular weight is 332 g/mol. The lowest BCUT2D eigenvalue weighted by molar-refractivity contribution is 0.480. The smallest absolute Gasteiger partial charge is 0.332 e. The van der Waals surface area contributed by atoms with Crippen LogP contribution in [0.15, 0.2) is 32.4 Å². The highest BCUT2D eigenvalue weighted by Gasteiger charge is 2.21. The summed E-state index contributed by atoms with van der Waals surface area (Å²) in [6.45, 7) is 8.81. The van der Waals surface area contributed by atoms with Gasteiger partial charge in [0.1, 0.15) is 10.6 Å². The third kappa shape index (κ3) is 2.47. The molecule has 3 aromatic heterocycles. The molecule has 6 heteroatoms. The second-order valence-electron chi connectivity index (χ2n) is 6.05. The van der Waals surface area contributed by atoms with Crippen molar-refractivity contribution in [3.63, 3.8) is 0 Å². The zero-order chi connectivity index (χ0) is 16.7. The SMILES string of the molecule is CCn1c(=O)n(CC(C)C)c(=O)c2c(C)c(-c3ccco3)sc21. The molecule has 5 nitrogen and oxygen atoms in total. The van der Waals surface area contributed by atoms with E-state index in [1.807, 2.05) is 39.8 Å². The second kappa shape index (κ2) is 5.85. The van der Waals surface area contributed by atoms with E-state index in [1.54, 1.807) is 10.8 Å². The van der Waals surface area contributed by atoms with Crippen LogP contribution in [0.1, 0.15) is 26.3 Å². The molecule has 3 aromatic rings. The Bertz CT molecular complexity index is 959. The molecule has 0 amide bonds. The normalized spacial score (nSPS) is 11.7. The summed E-state index contributed by atoms with van der Waals surface area (Å²) in [4.78, 5) is 27.2. The summed E-state index contributed by atoms with van der Waals surface area (Å²) in [6, 6.07) is 3.70. The number of rotatable bonds is 4. The summed E-state index contributed by atoms with van der Waals surface area (Å²) in [5.41, 5.74) is 0.450. The van der Waals surface area contributed by atoms with E-state index in [-0.39, 0.29) is 17.2 Å². The van der Waals surface area contributed by atoms with Gasteiger partial charge in [0.15, 0.2) is 0 Å². The fourth-order valence-corrected chi connectivity index (χ4v) is 4.17. The van der Waals surface area contributed by atoms with Gasteiger partial charge in [0.05, 0.1) is 16.5 Å². The summed E-state index contributed by atoms with van der Waals surface area (Å²) < 4.78 is 8.53. The van der Waals surface area contributed by atoms with Crippen LogP contribution in [0.25, 0.3) is 20.9 Å². The van der Waals surface area contributed by atoms with Crippen molar-refractivity contribution in [2.24, 2.45) is 5.92 Å². The summed E-state index contributed by atoms with van der Waals surface area (Å²) >= 11 is 1.44. The molecule has 0 N–H and O–H groups in total. The van der Waals surface area contributed by atoms with E-state index in [0.29, 0.717) is 18.5 Å². The molecule has 0 atom stereocenters. The molecule has 0 fully saturated rings. The fraction of sp³-hybridized carbons (Fsp3) is 0.412. The number of furan rings is 1. The lowest BCUT2D eigenvalue weighted by atomic mass is 10.2. The van der Waals surface area contributed by atoms with Crippen molar-refractivity contribution in [3.05, 3.63) is 44.8 Å². The molecule has 0 bridgehead atoms. The van der Waals surface area contributed by atoms with Crippen molar-refractivity contribution < 1.29 is 4.42 Å².